The Balaban J connectivity index is 1.59. The number of benzene rings is 1. The summed E-state index contributed by atoms with van der Waals surface area (Å²) in [5.74, 6) is 0.509. The molecule has 4 rings (SSSR count). The van der Waals surface area contributed by atoms with Gasteiger partial charge in [-0.2, -0.15) is 5.10 Å². The topological polar surface area (TPSA) is 64.2 Å². The van der Waals surface area contributed by atoms with Crippen molar-refractivity contribution in [2.24, 2.45) is 0 Å². The van der Waals surface area contributed by atoms with Crippen LogP contribution in [0.15, 0.2) is 59.5 Å². The van der Waals surface area contributed by atoms with E-state index in [0.29, 0.717) is 17.9 Å². The molecule has 24 heavy (non-hydrogen) atoms. The highest BCUT2D eigenvalue weighted by molar-refractivity contribution is 5.99. The lowest BCUT2D eigenvalue weighted by Crippen LogP contribution is -2.38. The van der Waals surface area contributed by atoms with E-state index in [2.05, 4.69) is 10.3 Å². The van der Waals surface area contributed by atoms with E-state index in [1.165, 1.54) is 6.20 Å². The van der Waals surface area contributed by atoms with Crippen LogP contribution >= 0.6 is 0 Å². The van der Waals surface area contributed by atoms with Crippen LogP contribution in [-0.4, -0.2) is 38.3 Å². The molecule has 2 aromatic heterocycles. The number of hydrogen-bond acceptors (Lipinski definition) is 4. The fourth-order valence-electron chi connectivity index (χ4n) is 3.26. The maximum absolute atomic E-state index is 13.0. The summed E-state index contributed by atoms with van der Waals surface area (Å²) in [4.78, 5) is 15.0. The predicted molar refractivity (Wildman–Crippen MR) is 88.2 cm³/mol. The number of rotatable bonds is 4. The molecule has 0 N–H and O–H groups in total. The minimum atomic E-state index is -0.0234. The fraction of sp³-hybridized carbons (Fsp3) is 0.278. The Hall–Kier alpha value is -2.89. The fourth-order valence-corrected chi connectivity index (χ4v) is 3.26. The highest BCUT2D eigenvalue weighted by Gasteiger charge is 2.32. The van der Waals surface area contributed by atoms with Crippen molar-refractivity contribution in [1.29, 1.82) is 0 Å². The normalized spacial score (nSPS) is 17.3. The first-order chi connectivity index (χ1) is 11.8. The number of likely N-dealkylation sites (tertiary alicyclic amines) is 1. The molecule has 0 saturated carbocycles. The third-order valence-electron chi connectivity index (χ3n) is 4.43. The smallest absolute Gasteiger partial charge is 0.259 e. The Morgan fingerprint density at radius 1 is 1.25 bits per heavy atom. The van der Waals surface area contributed by atoms with E-state index >= 15 is 0 Å². The Morgan fingerprint density at radius 3 is 2.92 bits per heavy atom. The van der Waals surface area contributed by atoms with Gasteiger partial charge in [0.2, 0.25) is 0 Å². The van der Waals surface area contributed by atoms with Gasteiger partial charge in [0.1, 0.15) is 5.56 Å². The monoisotopic (exact) mass is 322 g/mol. The van der Waals surface area contributed by atoms with Crippen LogP contribution in [0.2, 0.25) is 0 Å². The van der Waals surface area contributed by atoms with E-state index < -0.39 is 0 Å². The largest absolute Gasteiger partial charge is 0.355 e. The van der Waals surface area contributed by atoms with Gasteiger partial charge in [-0.25, -0.2) is 0 Å². The lowest BCUT2D eigenvalue weighted by atomic mass is 10.1. The van der Waals surface area contributed by atoms with Crippen LogP contribution in [0.3, 0.4) is 0 Å². The van der Waals surface area contributed by atoms with Crippen LogP contribution in [0.1, 0.15) is 23.2 Å². The van der Waals surface area contributed by atoms with Crippen LogP contribution in [0.4, 0.5) is 0 Å². The predicted octanol–water partition coefficient (Wildman–Crippen LogP) is 2.84. The van der Waals surface area contributed by atoms with Crippen LogP contribution in [0, 0.1) is 0 Å². The molecular weight excluding hydrogens is 304 g/mol. The molecule has 0 bridgehead atoms. The average molecular weight is 322 g/mol. The molecule has 1 fully saturated rings. The molecule has 1 aromatic carbocycles. The second-order valence-corrected chi connectivity index (χ2v) is 5.96. The summed E-state index contributed by atoms with van der Waals surface area (Å²) in [7, 11) is 0. The summed E-state index contributed by atoms with van der Waals surface area (Å²) in [6.45, 7) is 1.47. The zero-order valence-electron chi connectivity index (χ0n) is 13.2. The minimum absolute atomic E-state index is 0.0234. The zero-order valence-corrected chi connectivity index (χ0v) is 13.2. The molecule has 1 aliphatic rings. The molecule has 0 spiro atoms. The summed E-state index contributed by atoms with van der Waals surface area (Å²) in [6, 6.07) is 11.7. The van der Waals surface area contributed by atoms with Crippen molar-refractivity contribution in [1.82, 2.24) is 19.8 Å². The number of nitrogens with zero attached hydrogens (tertiary/aromatic N) is 4. The molecule has 3 aromatic rings. The van der Waals surface area contributed by atoms with Crippen molar-refractivity contribution in [2.45, 2.75) is 25.4 Å². The maximum Gasteiger partial charge on any atom is 0.259 e. The number of hydrogen-bond donors (Lipinski definition) is 0. The van der Waals surface area contributed by atoms with Crippen LogP contribution in [-0.2, 0) is 6.54 Å². The van der Waals surface area contributed by atoms with Crippen molar-refractivity contribution >= 4 is 5.91 Å². The van der Waals surface area contributed by atoms with Gasteiger partial charge in [0, 0.05) is 24.5 Å². The van der Waals surface area contributed by atoms with Gasteiger partial charge in [0.05, 0.1) is 18.8 Å². The van der Waals surface area contributed by atoms with E-state index in [-0.39, 0.29) is 11.9 Å². The molecule has 1 aliphatic heterocycles. The van der Waals surface area contributed by atoms with Gasteiger partial charge in [-0.3, -0.25) is 9.48 Å². The van der Waals surface area contributed by atoms with E-state index in [9.17, 15) is 4.79 Å². The molecule has 3 heterocycles. The standard InChI is InChI=1S/C18H18N4O2/c23-18(16-12-20-24-17(16)14-6-2-1-3-7-14)22-11-4-8-15(22)13-21-10-5-9-19-21/h1-3,5-7,9-10,12,15H,4,8,11,13H2. The Bertz CT molecular complexity index is 811. The average Bonchev–Trinajstić information content (AvgIpc) is 3.37. The molecule has 0 aliphatic carbocycles. The lowest BCUT2D eigenvalue weighted by molar-refractivity contribution is 0.0722. The van der Waals surface area contributed by atoms with Crippen molar-refractivity contribution in [3.63, 3.8) is 0 Å². The first kappa shape index (κ1) is 14.7. The van der Waals surface area contributed by atoms with Crippen molar-refractivity contribution in [3.05, 3.63) is 60.6 Å². The molecule has 122 valence electrons. The number of carbonyl (C=O) groups is 1. The Morgan fingerprint density at radius 2 is 2.12 bits per heavy atom. The van der Waals surface area contributed by atoms with Gasteiger partial charge in [0.25, 0.3) is 5.91 Å². The van der Waals surface area contributed by atoms with E-state index in [1.807, 2.05) is 52.2 Å². The van der Waals surface area contributed by atoms with Crippen LogP contribution < -0.4 is 0 Å². The van der Waals surface area contributed by atoms with Crippen molar-refractivity contribution in [2.75, 3.05) is 6.54 Å². The van der Waals surface area contributed by atoms with Gasteiger partial charge < -0.3 is 9.42 Å². The highest BCUT2D eigenvalue weighted by atomic mass is 16.5. The quantitative estimate of drug-likeness (QED) is 0.741. The van der Waals surface area contributed by atoms with Crippen LogP contribution in [0.25, 0.3) is 11.3 Å². The van der Waals surface area contributed by atoms with Gasteiger partial charge in [-0.15, -0.1) is 0 Å². The number of aromatic nitrogens is 3. The highest BCUT2D eigenvalue weighted by Crippen LogP contribution is 2.27. The first-order valence-corrected chi connectivity index (χ1v) is 8.11. The minimum Gasteiger partial charge on any atom is -0.355 e. The Labute approximate surface area is 139 Å². The SMILES string of the molecule is O=C(c1cnoc1-c1ccccc1)N1CCCC1Cn1cccn1. The number of carbonyl (C=O) groups excluding carboxylic acids is 1. The lowest BCUT2D eigenvalue weighted by Gasteiger charge is -2.24. The summed E-state index contributed by atoms with van der Waals surface area (Å²) in [5, 5.41) is 8.10. The van der Waals surface area contributed by atoms with Gasteiger partial charge in [-0.05, 0) is 18.9 Å². The van der Waals surface area contributed by atoms with Crippen LogP contribution in [0.5, 0.6) is 0 Å². The van der Waals surface area contributed by atoms with Crippen molar-refractivity contribution < 1.29 is 9.32 Å². The van der Waals surface area contributed by atoms with Gasteiger partial charge >= 0.3 is 0 Å². The summed E-state index contributed by atoms with van der Waals surface area (Å²) in [6.07, 6.45) is 7.19. The molecule has 1 atom stereocenters. The molecule has 6 nitrogen and oxygen atoms in total. The van der Waals surface area contributed by atoms with E-state index in [4.69, 9.17) is 4.52 Å². The summed E-state index contributed by atoms with van der Waals surface area (Å²) in [5.41, 5.74) is 1.38. The molecule has 1 amide bonds. The summed E-state index contributed by atoms with van der Waals surface area (Å²) < 4.78 is 7.23. The van der Waals surface area contributed by atoms with Crippen molar-refractivity contribution in [3.8, 4) is 11.3 Å². The molecule has 6 heteroatoms. The Kier molecular flexibility index (Phi) is 3.86. The summed E-state index contributed by atoms with van der Waals surface area (Å²) >= 11 is 0. The first-order valence-electron chi connectivity index (χ1n) is 8.11. The third-order valence-corrected chi connectivity index (χ3v) is 4.43. The number of amides is 1. The molecule has 1 unspecified atom stereocenters. The second-order valence-electron chi connectivity index (χ2n) is 5.96. The maximum atomic E-state index is 13.0. The third kappa shape index (κ3) is 2.71. The molecule has 1 saturated heterocycles. The van der Waals surface area contributed by atoms with Gasteiger partial charge in [0.15, 0.2) is 5.76 Å². The zero-order chi connectivity index (χ0) is 16.4. The molecule has 0 radical (unpaired) electrons. The van der Waals surface area contributed by atoms with E-state index in [1.54, 1.807) is 6.20 Å². The van der Waals surface area contributed by atoms with Gasteiger partial charge in [-0.1, -0.05) is 35.5 Å². The van der Waals surface area contributed by atoms with E-state index in [0.717, 1.165) is 24.9 Å². The second kappa shape index (κ2) is 6.31. The molecular formula is C18H18N4O2.